The second-order valence-corrected chi connectivity index (χ2v) is 4.64. The number of anilines is 1. The van der Waals surface area contributed by atoms with Crippen LogP contribution in [0.2, 0.25) is 5.02 Å². The molecule has 0 aliphatic rings. The van der Waals surface area contributed by atoms with Gasteiger partial charge in [-0.3, -0.25) is 9.48 Å². The monoisotopic (exact) mass is 275 g/mol. The quantitative estimate of drug-likeness (QED) is 0.875. The van der Waals surface area contributed by atoms with Gasteiger partial charge in [-0.1, -0.05) is 17.7 Å². The van der Waals surface area contributed by atoms with Gasteiger partial charge >= 0.3 is 0 Å². The fraction of sp³-hybridized carbons (Fsp3) is 0.143. The highest BCUT2D eigenvalue weighted by Crippen LogP contribution is 2.19. The predicted molar refractivity (Wildman–Crippen MR) is 77.1 cm³/mol. The first-order valence-electron chi connectivity index (χ1n) is 5.78. The topological polar surface area (TPSA) is 46.9 Å². The highest BCUT2D eigenvalue weighted by Gasteiger charge is 2.01. The third kappa shape index (κ3) is 3.69. The third-order valence-corrected chi connectivity index (χ3v) is 3.00. The number of aromatic nitrogens is 2. The standard InChI is InChI=1S/C14H14ClN3O/c1-10-3-5-12(7-13(10)15)17-14(19)6-4-11-8-16-18(2)9-11/h3-9H,1-2H3,(H,17,19)/b6-4+. The Bertz CT molecular complexity index is 631. The maximum Gasteiger partial charge on any atom is 0.248 e. The lowest BCUT2D eigenvalue weighted by molar-refractivity contribution is -0.111. The molecule has 0 fully saturated rings. The molecule has 1 aromatic carbocycles. The van der Waals surface area contributed by atoms with Gasteiger partial charge in [0.2, 0.25) is 5.91 Å². The van der Waals surface area contributed by atoms with Crippen LogP contribution >= 0.6 is 11.6 Å². The number of hydrogen-bond acceptors (Lipinski definition) is 2. The number of benzene rings is 1. The zero-order valence-corrected chi connectivity index (χ0v) is 11.5. The highest BCUT2D eigenvalue weighted by atomic mass is 35.5. The molecule has 0 saturated heterocycles. The molecular weight excluding hydrogens is 262 g/mol. The fourth-order valence-electron chi connectivity index (χ4n) is 1.55. The fourth-order valence-corrected chi connectivity index (χ4v) is 1.73. The molecule has 0 unspecified atom stereocenters. The van der Waals surface area contributed by atoms with Gasteiger partial charge in [0, 0.05) is 35.6 Å². The maximum atomic E-state index is 11.7. The van der Waals surface area contributed by atoms with Gasteiger partial charge in [-0.25, -0.2) is 0 Å². The predicted octanol–water partition coefficient (Wildman–Crippen LogP) is 3.03. The highest BCUT2D eigenvalue weighted by molar-refractivity contribution is 6.31. The molecule has 0 radical (unpaired) electrons. The minimum absolute atomic E-state index is 0.205. The number of hydrogen-bond donors (Lipinski definition) is 1. The first-order valence-corrected chi connectivity index (χ1v) is 6.16. The van der Waals surface area contributed by atoms with Crippen molar-refractivity contribution in [2.24, 2.45) is 7.05 Å². The van der Waals surface area contributed by atoms with Crippen LogP contribution in [0.4, 0.5) is 5.69 Å². The number of amides is 1. The zero-order valence-electron chi connectivity index (χ0n) is 10.7. The molecule has 5 heteroatoms. The average Bonchev–Trinajstić information content (AvgIpc) is 2.77. The number of carbonyl (C=O) groups is 1. The number of aryl methyl sites for hydroxylation is 2. The van der Waals surface area contributed by atoms with Gasteiger partial charge in [0.25, 0.3) is 0 Å². The molecule has 0 spiro atoms. The molecule has 2 aromatic rings. The van der Waals surface area contributed by atoms with Gasteiger partial charge < -0.3 is 5.32 Å². The molecule has 0 aliphatic heterocycles. The van der Waals surface area contributed by atoms with E-state index in [4.69, 9.17) is 11.6 Å². The van der Waals surface area contributed by atoms with Crippen LogP contribution in [-0.4, -0.2) is 15.7 Å². The maximum absolute atomic E-state index is 11.7. The molecule has 0 saturated carbocycles. The van der Waals surface area contributed by atoms with Crippen LogP contribution in [0.1, 0.15) is 11.1 Å². The molecule has 19 heavy (non-hydrogen) atoms. The molecule has 0 aliphatic carbocycles. The number of halogens is 1. The van der Waals surface area contributed by atoms with Crippen molar-refractivity contribution in [2.45, 2.75) is 6.92 Å². The first kappa shape index (κ1) is 13.4. The van der Waals surface area contributed by atoms with Crippen molar-refractivity contribution < 1.29 is 4.79 Å². The Morgan fingerprint density at radius 2 is 2.26 bits per heavy atom. The van der Waals surface area contributed by atoms with Crippen molar-refractivity contribution in [1.29, 1.82) is 0 Å². The molecule has 0 bridgehead atoms. The first-order chi connectivity index (χ1) is 9.04. The van der Waals surface area contributed by atoms with Crippen LogP contribution in [0.3, 0.4) is 0 Å². The van der Waals surface area contributed by atoms with Crippen LogP contribution in [0, 0.1) is 6.92 Å². The molecule has 1 N–H and O–H groups in total. The van der Waals surface area contributed by atoms with Gasteiger partial charge in [-0.15, -0.1) is 0 Å². The van der Waals surface area contributed by atoms with Crippen molar-refractivity contribution in [3.8, 4) is 0 Å². The molecule has 2 rings (SSSR count). The van der Waals surface area contributed by atoms with E-state index >= 15 is 0 Å². The van der Waals surface area contributed by atoms with Crippen LogP contribution in [0.25, 0.3) is 6.08 Å². The van der Waals surface area contributed by atoms with Gasteiger partial charge in [0.15, 0.2) is 0 Å². The summed E-state index contributed by atoms with van der Waals surface area (Å²) in [6.07, 6.45) is 6.68. The second-order valence-electron chi connectivity index (χ2n) is 4.23. The average molecular weight is 276 g/mol. The summed E-state index contributed by atoms with van der Waals surface area (Å²) >= 11 is 5.99. The summed E-state index contributed by atoms with van der Waals surface area (Å²) in [5.41, 5.74) is 2.53. The van der Waals surface area contributed by atoms with Crippen molar-refractivity contribution in [3.05, 3.63) is 52.8 Å². The SMILES string of the molecule is Cc1ccc(NC(=O)/C=C/c2cnn(C)c2)cc1Cl. The van der Waals surface area contributed by atoms with Crippen LogP contribution in [0.15, 0.2) is 36.7 Å². The number of nitrogens with zero attached hydrogens (tertiary/aromatic N) is 2. The molecule has 1 heterocycles. The van der Waals surface area contributed by atoms with Crippen LogP contribution in [-0.2, 0) is 11.8 Å². The van der Waals surface area contributed by atoms with Crippen molar-refractivity contribution in [3.63, 3.8) is 0 Å². The van der Waals surface area contributed by atoms with Gasteiger partial charge in [-0.05, 0) is 30.7 Å². The van der Waals surface area contributed by atoms with E-state index < -0.39 is 0 Å². The van der Waals surface area contributed by atoms with Crippen LogP contribution < -0.4 is 5.32 Å². The second kappa shape index (κ2) is 5.71. The summed E-state index contributed by atoms with van der Waals surface area (Å²) in [7, 11) is 1.83. The number of carbonyl (C=O) groups excluding carboxylic acids is 1. The summed E-state index contributed by atoms with van der Waals surface area (Å²) in [6.45, 7) is 1.91. The minimum Gasteiger partial charge on any atom is -0.322 e. The van der Waals surface area contributed by atoms with E-state index in [0.29, 0.717) is 10.7 Å². The van der Waals surface area contributed by atoms with Gasteiger partial charge in [0.05, 0.1) is 6.20 Å². The van der Waals surface area contributed by atoms with E-state index in [9.17, 15) is 4.79 Å². The van der Waals surface area contributed by atoms with E-state index in [2.05, 4.69) is 10.4 Å². The number of nitrogens with one attached hydrogen (secondary N) is 1. The smallest absolute Gasteiger partial charge is 0.248 e. The van der Waals surface area contributed by atoms with Gasteiger partial charge in [0.1, 0.15) is 0 Å². The largest absolute Gasteiger partial charge is 0.322 e. The number of rotatable bonds is 3. The summed E-state index contributed by atoms with van der Waals surface area (Å²) in [5, 5.41) is 7.40. The minimum atomic E-state index is -0.205. The van der Waals surface area contributed by atoms with Gasteiger partial charge in [-0.2, -0.15) is 5.10 Å². The van der Waals surface area contributed by atoms with E-state index in [1.54, 1.807) is 23.0 Å². The van der Waals surface area contributed by atoms with E-state index in [0.717, 1.165) is 11.1 Å². The normalized spacial score (nSPS) is 10.9. The molecule has 98 valence electrons. The van der Waals surface area contributed by atoms with Crippen molar-refractivity contribution in [2.75, 3.05) is 5.32 Å². The van der Waals surface area contributed by atoms with Crippen LogP contribution in [0.5, 0.6) is 0 Å². The van der Waals surface area contributed by atoms with E-state index in [1.807, 2.05) is 32.3 Å². The lowest BCUT2D eigenvalue weighted by atomic mass is 10.2. The Morgan fingerprint density at radius 1 is 1.47 bits per heavy atom. The Hall–Kier alpha value is -2.07. The molecule has 1 amide bonds. The molecule has 0 atom stereocenters. The Balaban J connectivity index is 2.01. The summed E-state index contributed by atoms with van der Waals surface area (Å²) in [5.74, 6) is -0.205. The lowest BCUT2D eigenvalue weighted by Gasteiger charge is -2.04. The van der Waals surface area contributed by atoms with Crippen molar-refractivity contribution in [1.82, 2.24) is 9.78 Å². The molecule has 4 nitrogen and oxygen atoms in total. The summed E-state index contributed by atoms with van der Waals surface area (Å²) in [6, 6.07) is 5.41. The Kier molecular flexibility index (Phi) is 4.02. The van der Waals surface area contributed by atoms with E-state index in [-0.39, 0.29) is 5.91 Å². The van der Waals surface area contributed by atoms with E-state index in [1.165, 1.54) is 6.08 Å². The molecule has 1 aromatic heterocycles. The Labute approximate surface area is 116 Å². The van der Waals surface area contributed by atoms with Crippen molar-refractivity contribution >= 4 is 29.3 Å². The molecular formula is C14H14ClN3O. The summed E-state index contributed by atoms with van der Waals surface area (Å²) < 4.78 is 1.68. The third-order valence-electron chi connectivity index (χ3n) is 2.59. The zero-order chi connectivity index (χ0) is 13.8. The summed E-state index contributed by atoms with van der Waals surface area (Å²) in [4.78, 5) is 11.7. The Morgan fingerprint density at radius 3 is 2.89 bits per heavy atom. The lowest BCUT2D eigenvalue weighted by Crippen LogP contribution is -2.07.